The highest BCUT2D eigenvalue weighted by Crippen LogP contribution is 2.29. The largest absolute Gasteiger partial charge is 0.433 e. The number of halogens is 5. The molecule has 0 aliphatic rings. The van der Waals surface area contributed by atoms with Crippen molar-refractivity contribution in [1.29, 1.82) is 0 Å². The van der Waals surface area contributed by atoms with Crippen LogP contribution in [0.5, 0.6) is 0 Å². The van der Waals surface area contributed by atoms with Gasteiger partial charge in [-0.25, -0.2) is 4.98 Å². The van der Waals surface area contributed by atoms with Crippen molar-refractivity contribution in [2.24, 2.45) is 0 Å². The number of rotatable bonds is 1. The predicted octanol–water partition coefficient (Wildman–Crippen LogP) is 3.65. The van der Waals surface area contributed by atoms with Crippen molar-refractivity contribution in [2.75, 3.05) is 0 Å². The molecule has 1 heterocycles. The first kappa shape index (κ1) is 10.8. The van der Waals surface area contributed by atoms with Gasteiger partial charge >= 0.3 is 6.18 Å². The molecule has 0 aliphatic heterocycles. The van der Waals surface area contributed by atoms with Crippen LogP contribution < -0.4 is 0 Å². The van der Waals surface area contributed by atoms with Crippen LogP contribution in [0.3, 0.4) is 0 Å². The maximum Gasteiger partial charge on any atom is 0.433 e. The van der Waals surface area contributed by atoms with E-state index < -0.39 is 11.9 Å². The van der Waals surface area contributed by atoms with Crippen molar-refractivity contribution < 1.29 is 13.2 Å². The van der Waals surface area contributed by atoms with Crippen LogP contribution >= 0.6 is 27.5 Å². The summed E-state index contributed by atoms with van der Waals surface area (Å²) in [6.45, 7) is 0. The summed E-state index contributed by atoms with van der Waals surface area (Å²) in [7, 11) is 0. The number of hydrogen-bond acceptors (Lipinski definition) is 1. The van der Waals surface area contributed by atoms with Crippen molar-refractivity contribution >= 4 is 27.5 Å². The van der Waals surface area contributed by atoms with Gasteiger partial charge in [-0.15, -0.1) is 0 Å². The molecule has 0 aromatic carbocycles. The molecular formula is C7H4BrClF3N. The van der Waals surface area contributed by atoms with Crippen molar-refractivity contribution in [1.82, 2.24) is 4.98 Å². The van der Waals surface area contributed by atoms with E-state index in [4.69, 9.17) is 11.6 Å². The summed E-state index contributed by atoms with van der Waals surface area (Å²) in [6.07, 6.45) is -4.44. The highest BCUT2D eigenvalue weighted by Gasteiger charge is 2.32. The lowest BCUT2D eigenvalue weighted by Crippen LogP contribution is -2.08. The number of alkyl halides is 4. The Morgan fingerprint density at radius 1 is 1.38 bits per heavy atom. The highest BCUT2D eigenvalue weighted by molar-refractivity contribution is 9.08. The Balaban J connectivity index is 3.10. The van der Waals surface area contributed by atoms with E-state index in [1.807, 2.05) is 0 Å². The molecule has 0 fully saturated rings. The van der Waals surface area contributed by atoms with E-state index in [1.54, 1.807) is 0 Å². The Kier molecular flexibility index (Phi) is 3.18. The van der Waals surface area contributed by atoms with Crippen LogP contribution in [0.4, 0.5) is 13.2 Å². The monoisotopic (exact) mass is 273 g/mol. The van der Waals surface area contributed by atoms with Crippen LogP contribution in [0.15, 0.2) is 12.1 Å². The minimum absolute atomic E-state index is 0.119. The molecule has 72 valence electrons. The van der Waals surface area contributed by atoms with Gasteiger partial charge in [-0.2, -0.15) is 13.2 Å². The van der Waals surface area contributed by atoms with Gasteiger partial charge in [-0.3, -0.25) is 0 Å². The van der Waals surface area contributed by atoms with E-state index in [-0.39, 0.29) is 5.15 Å². The lowest BCUT2D eigenvalue weighted by atomic mass is 10.3. The third kappa shape index (κ3) is 2.57. The third-order valence-corrected chi connectivity index (χ3v) is 2.29. The fourth-order valence-electron chi connectivity index (χ4n) is 0.721. The molecular weight excluding hydrogens is 270 g/mol. The van der Waals surface area contributed by atoms with E-state index in [2.05, 4.69) is 20.9 Å². The smallest absolute Gasteiger partial charge is 0.231 e. The van der Waals surface area contributed by atoms with E-state index in [0.717, 1.165) is 6.07 Å². The molecule has 0 aliphatic carbocycles. The second-order valence-electron chi connectivity index (χ2n) is 2.28. The van der Waals surface area contributed by atoms with Crippen molar-refractivity contribution in [2.45, 2.75) is 11.5 Å². The van der Waals surface area contributed by atoms with Crippen molar-refractivity contribution in [3.8, 4) is 0 Å². The molecule has 0 spiro atoms. The maximum atomic E-state index is 12.1. The summed E-state index contributed by atoms with van der Waals surface area (Å²) >= 11 is 8.57. The maximum absolute atomic E-state index is 12.1. The number of aromatic nitrogens is 1. The number of nitrogens with zero attached hydrogens (tertiary/aromatic N) is 1. The summed E-state index contributed by atoms with van der Waals surface area (Å²) in [5.74, 6) is 0. The molecule has 0 radical (unpaired) electrons. The number of pyridine rings is 1. The first-order valence-electron chi connectivity index (χ1n) is 3.23. The van der Waals surface area contributed by atoms with Gasteiger partial charge in [-0.1, -0.05) is 33.6 Å². The van der Waals surface area contributed by atoms with Gasteiger partial charge in [0, 0.05) is 10.9 Å². The van der Waals surface area contributed by atoms with Crippen LogP contribution in [0.1, 0.15) is 11.3 Å². The molecule has 0 amide bonds. The van der Waals surface area contributed by atoms with Gasteiger partial charge in [-0.05, 0) is 6.07 Å². The summed E-state index contributed by atoms with van der Waals surface area (Å²) in [5, 5.41) is 0.267. The molecule has 13 heavy (non-hydrogen) atoms. The zero-order valence-corrected chi connectivity index (χ0v) is 8.54. The second kappa shape index (κ2) is 3.84. The standard InChI is InChI=1S/C7H4BrClF3N/c8-3-4-1-2-5(7(10,11)12)13-6(4)9/h1-2H,3H2. The first-order chi connectivity index (χ1) is 5.95. The van der Waals surface area contributed by atoms with E-state index in [9.17, 15) is 13.2 Å². The SMILES string of the molecule is FC(F)(F)c1ccc(CBr)c(Cl)n1. The normalized spacial score (nSPS) is 11.8. The van der Waals surface area contributed by atoms with Gasteiger partial charge in [0.15, 0.2) is 0 Å². The summed E-state index contributed by atoms with van der Waals surface area (Å²) in [4.78, 5) is 3.23. The molecule has 0 N–H and O–H groups in total. The lowest BCUT2D eigenvalue weighted by molar-refractivity contribution is -0.141. The Morgan fingerprint density at radius 3 is 2.38 bits per heavy atom. The molecule has 1 rings (SSSR count). The molecule has 0 unspecified atom stereocenters. The predicted molar refractivity (Wildman–Crippen MR) is 46.9 cm³/mol. The molecule has 0 saturated heterocycles. The molecule has 1 nitrogen and oxygen atoms in total. The Hall–Kier alpha value is -0.290. The second-order valence-corrected chi connectivity index (χ2v) is 3.20. The van der Waals surface area contributed by atoms with E-state index in [1.165, 1.54) is 6.07 Å². The van der Waals surface area contributed by atoms with Gasteiger partial charge in [0.2, 0.25) is 0 Å². The summed E-state index contributed by atoms with van der Waals surface area (Å²) in [6, 6.07) is 2.20. The molecule has 0 bridgehead atoms. The fourth-order valence-corrected chi connectivity index (χ4v) is 1.56. The minimum atomic E-state index is -4.44. The molecule has 1 aromatic rings. The molecule has 0 atom stereocenters. The van der Waals surface area contributed by atoms with Gasteiger partial charge < -0.3 is 0 Å². The highest BCUT2D eigenvalue weighted by atomic mass is 79.9. The average molecular weight is 274 g/mol. The zero-order valence-electron chi connectivity index (χ0n) is 6.20. The number of hydrogen-bond donors (Lipinski definition) is 0. The molecule has 1 aromatic heterocycles. The van der Waals surface area contributed by atoms with Crippen LogP contribution in [0.2, 0.25) is 5.15 Å². The van der Waals surface area contributed by atoms with Gasteiger partial charge in [0.1, 0.15) is 10.8 Å². The quantitative estimate of drug-likeness (QED) is 0.563. The zero-order chi connectivity index (χ0) is 10.1. The van der Waals surface area contributed by atoms with Crippen molar-refractivity contribution in [3.63, 3.8) is 0 Å². The third-order valence-electron chi connectivity index (χ3n) is 1.36. The van der Waals surface area contributed by atoms with Gasteiger partial charge in [0.05, 0.1) is 0 Å². The van der Waals surface area contributed by atoms with Crippen LogP contribution in [0.25, 0.3) is 0 Å². The van der Waals surface area contributed by atoms with E-state index in [0.29, 0.717) is 10.9 Å². The van der Waals surface area contributed by atoms with Crippen molar-refractivity contribution in [3.05, 3.63) is 28.5 Å². The van der Waals surface area contributed by atoms with Crippen LogP contribution in [-0.2, 0) is 11.5 Å². The lowest BCUT2D eigenvalue weighted by Gasteiger charge is -2.06. The Morgan fingerprint density at radius 2 is 2.00 bits per heavy atom. The average Bonchev–Trinajstić information content (AvgIpc) is 2.02. The topological polar surface area (TPSA) is 12.9 Å². The first-order valence-corrected chi connectivity index (χ1v) is 4.73. The molecule has 0 saturated carbocycles. The van der Waals surface area contributed by atoms with Crippen LogP contribution in [0, 0.1) is 0 Å². The summed E-state index contributed by atoms with van der Waals surface area (Å²) in [5.41, 5.74) is -0.433. The molecule has 6 heteroatoms. The minimum Gasteiger partial charge on any atom is -0.231 e. The van der Waals surface area contributed by atoms with Gasteiger partial charge in [0.25, 0.3) is 0 Å². The Bertz CT molecular complexity index is 313. The van der Waals surface area contributed by atoms with Crippen LogP contribution in [-0.4, -0.2) is 4.98 Å². The fraction of sp³-hybridized carbons (Fsp3) is 0.286. The van der Waals surface area contributed by atoms with E-state index >= 15 is 0 Å². The summed E-state index contributed by atoms with van der Waals surface area (Å²) < 4.78 is 36.2. The Labute approximate surface area is 86.0 Å².